The molecule has 0 saturated carbocycles. The van der Waals surface area contributed by atoms with Crippen molar-refractivity contribution in [1.29, 1.82) is 0 Å². The van der Waals surface area contributed by atoms with Crippen LogP contribution in [-0.4, -0.2) is 38.4 Å². The lowest BCUT2D eigenvalue weighted by molar-refractivity contribution is -0.116. The van der Waals surface area contributed by atoms with Gasteiger partial charge in [-0.15, -0.1) is 0 Å². The summed E-state index contributed by atoms with van der Waals surface area (Å²) in [5.41, 5.74) is 1.65. The van der Waals surface area contributed by atoms with Gasteiger partial charge < -0.3 is 10.6 Å². The zero-order valence-corrected chi connectivity index (χ0v) is 13.4. The number of sulfone groups is 1. The molecule has 1 atom stereocenters. The number of rotatable bonds is 5. The maximum absolute atomic E-state index is 11.8. The van der Waals surface area contributed by atoms with Gasteiger partial charge in [-0.3, -0.25) is 4.79 Å². The summed E-state index contributed by atoms with van der Waals surface area (Å²) in [5.74, 6) is 0.305. The molecule has 0 aromatic heterocycles. The second-order valence-corrected chi connectivity index (χ2v) is 7.98. The summed E-state index contributed by atoms with van der Waals surface area (Å²) in [5, 5.41) is 6.57. The van der Waals surface area contributed by atoms with Crippen LogP contribution >= 0.6 is 11.6 Å². The minimum Gasteiger partial charge on any atom is -0.326 e. The van der Waals surface area contributed by atoms with E-state index in [1.165, 1.54) is 0 Å². The maximum Gasteiger partial charge on any atom is 0.225 e. The molecule has 116 valence electrons. The summed E-state index contributed by atoms with van der Waals surface area (Å²) >= 11 is 5.86. The lowest BCUT2D eigenvalue weighted by Gasteiger charge is -2.11. The SMILES string of the molecule is Cc1cc(Cl)ccc1NC(=O)CCNC1CCS(=O)(=O)C1. The summed E-state index contributed by atoms with van der Waals surface area (Å²) in [6.45, 7) is 2.35. The van der Waals surface area contributed by atoms with Gasteiger partial charge in [-0.1, -0.05) is 11.6 Å². The topological polar surface area (TPSA) is 75.3 Å². The Hall–Kier alpha value is -1.11. The first-order valence-electron chi connectivity index (χ1n) is 6.85. The molecular formula is C14H19ClN2O3S. The quantitative estimate of drug-likeness (QED) is 0.862. The molecule has 21 heavy (non-hydrogen) atoms. The summed E-state index contributed by atoms with van der Waals surface area (Å²) in [6, 6.07) is 5.26. The van der Waals surface area contributed by atoms with Gasteiger partial charge in [0, 0.05) is 29.7 Å². The van der Waals surface area contributed by atoms with E-state index in [-0.39, 0.29) is 23.5 Å². The third-order valence-corrected chi connectivity index (χ3v) is 5.48. The van der Waals surface area contributed by atoms with E-state index in [0.29, 0.717) is 24.4 Å². The molecule has 1 fully saturated rings. The van der Waals surface area contributed by atoms with E-state index < -0.39 is 9.84 Å². The van der Waals surface area contributed by atoms with Crippen molar-refractivity contribution in [3.8, 4) is 0 Å². The smallest absolute Gasteiger partial charge is 0.225 e. The maximum atomic E-state index is 11.8. The summed E-state index contributed by atoms with van der Waals surface area (Å²) in [4.78, 5) is 11.8. The molecule has 1 aromatic rings. The van der Waals surface area contributed by atoms with Crippen LogP contribution < -0.4 is 10.6 Å². The number of carbonyl (C=O) groups is 1. The van der Waals surface area contributed by atoms with Crippen LogP contribution in [-0.2, 0) is 14.6 Å². The Morgan fingerprint density at radius 2 is 2.19 bits per heavy atom. The third kappa shape index (κ3) is 4.98. The highest BCUT2D eigenvalue weighted by molar-refractivity contribution is 7.91. The van der Waals surface area contributed by atoms with E-state index in [4.69, 9.17) is 11.6 Å². The Morgan fingerprint density at radius 1 is 1.43 bits per heavy atom. The van der Waals surface area contributed by atoms with Gasteiger partial charge in [0.2, 0.25) is 5.91 Å². The minimum atomic E-state index is -2.88. The third-order valence-electron chi connectivity index (χ3n) is 3.48. The first-order valence-corrected chi connectivity index (χ1v) is 9.05. The highest BCUT2D eigenvalue weighted by Gasteiger charge is 2.27. The molecule has 2 N–H and O–H groups in total. The van der Waals surface area contributed by atoms with E-state index >= 15 is 0 Å². The van der Waals surface area contributed by atoms with Crippen molar-refractivity contribution in [2.75, 3.05) is 23.4 Å². The van der Waals surface area contributed by atoms with Crippen LogP contribution in [0.5, 0.6) is 0 Å². The van der Waals surface area contributed by atoms with Crippen LogP contribution in [0.2, 0.25) is 5.02 Å². The highest BCUT2D eigenvalue weighted by Crippen LogP contribution is 2.19. The molecule has 1 aromatic carbocycles. The number of aryl methyl sites for hydroxylation is 1. The molecule has 1 heterocycles. The number of nitrogens with one attached hydrogen (secondary N) is 2. The van der Waals surface area contributed by atoms with E-state index in [1.807, 2.05) is 6.92 Å². The lowest BCUT2D eigenvalue weighted by atomic mass is 10.2. The van der Waals surface area contributed by atoms with Crippen LogP contribution in [0, 0.1) is 6.92 Å². The van der Waals surface area contributed by atoms with E-state index in [2.05, 4.69) is 10.6 Å². The van der Waals surface area contributed by atoms with Crippen LogP contribution in [0.15, 0.2) is 18.2 Å². The number of carbonyl (C=O) groups excluding carboxylic acids is 1. The molecule has 2 rings (SSSR count). The normalized spacial score (nSPS) is 20.4. The largest absolute Gasteiger partial charge is 0.326 e. The van der Waals surface area contributed by atoms with Gasteiger partial charge >= 0.3 is 0 Å². The van der Waals surface area contributed by atoms with Crippen molar-refractivity contribution in [3.05, 3.63) is 28.8 Å². The molecule has 0 radical (unpaired) electrons. The molecule has 1 aliphatic heterocycles. The molecule has 0 bridgehead atoms. The van der Waals surface area contributed by atoms with Crippen molar-refractivity contribution < 1.29 is 13.2 Å². The van der Waals surface area contributed by atoms with Gasteiger partial charge in [0.05, 0.1) is 11.5 Å². The highest BCUT2D eigenvalue weighted by atomic mass is 35.5. The second-order valence-electron chi connectivity index (χ2n) is 5.31. The number of halogens is 1. The van der Waals surface area contributed by atoms with Crippen LogP contribution in [0.25, 0.3) is 0 Å². The van der Waals surface area contributed by atoms with Crippen LogP contribution in [0.4, 0.5) is 5.69 Å². The number of hydrogen-bond donors (Lipinski definition) is 2. The first kappa shape index (κ1) is 16.3. The standard InChI is InChI=1S/C14H19ClN2O3S/c1-10-8-11(15)2-3-13(10)17-14(18)4-6-16-12-5-7-21(19,20)9-12/h2-3,8,12,16H,4-7,9H2,1H3,(H,17,18). The molecule has 1 unspecified atom stereocenters. The predicted molar refractivity (Wildman–Crippen MR) is 84.5 cm³/mol. The van der Waals surface area contributed by atoms with Crippen molar-refractivity contribution in [3.63, 3.8) is 0 Å². The lowest BCUT2D eigenvalue weighted by Crippen LogP contribution is -2.32. The van der Waals surface area contributed by atoms with E-state index in [0.717, 1.165) is 11.3 Å². The Kier molecular flexibility index (Phi) is 5.24. The first-order chi connectivity index (χ1) is 9.85. The van der Waals surface area contributed by atoms with Crippen molar-refractivity contribution >= 4 is 33.0 Å². The Balaban J connectivity index is 1.75. The average molecular weight is 331 g/mol. The van der Waals surface area contributed by atoms with Crippen LogP contribution in [0.1, 0.15) is 18.4 Å². The van der Waals surface area contributed by atoms with Gasteiger partial charge in [-0.05, 0) is 37.1 Å². The van der Waals surface area contributed by atoms with Crippen molar-refractivity contribution in [2.45, 2.75) is 25.8 Å². The van der Waals surface area contributed by atoms with Gasteiger partial charge in [-0.2, -0.15) is 0 Å². The second kappa shape index (κ2) is 6.77. The van der Waals surface area contributed by atoms with Gasteiger partial charge in [-0.25, -0.2) is 8.42 Å². The minimum absolute atomic E-state index is 0.0277. The zero-order chi connectivity index (χ0) is 15.5. The van der Waals surface area contributed by atoms with Crippen molar-refractivity contribution in [1.82, 2.24) is 5.32 Å². The number of amides is 1. The number of hydrogen-bond acceptors (Lipinski definition) is 4. The molecule has 1 saturated heterocycles. The summed E-state index contributed by atoms with van der Waals surface area (Å²) in [6.07, 6.45) is 0.929. The fraction of sp³-hybridized carbons (Fsp3) is 0.500. The molecule has 1 amide bonds. The Bertz CT molecular complexity index is 631. The summed E-state index contributed by atoms with van der Waals surface area (Å²) in [7, 11) is -2.88. The molecule has 0 aliphatic carbocycles. The van der Waals surface area contributed by atoms with Gasteiger partial charge in [0.1, 0.15) is 0 Å². The zero-order valence-electron chi connectivity index (χ0n) is 11.9. The molecule has 7 heteroatoms. The summed E-state index contributed by atoms with van der Waals surface area (Å²) < 4.78 is 22.6. The monoisotopic (exact) mass is 330 g/mol. The number of anilines is 1. The Labute approximate surface area is 130 Å². The fourth-order valence-electron chi connectivity index (χ4n) is 2.33. The van der Waals surface area contributed by atoms with Gasteiger partial charge in [0.25, 0.3) is 0 Å². The molecule has 5 nitrogen and oxygen atoms in total. The fourth-order valence-corrected chi connectivity index (χ4v) is 4.26. The van der Waals surface area contributed by atoms with Crippen molar-refractivity contribution in [2.24, 2.45) is 0 Å². The van der Waals surface area contributed by atoms with E-state index in [1.54, 1.807) is 18.2 Å². The Morgan fingerprint density at radius 3 is 2.81 bits per heavy atom. The molecule has 0 spiro atoms. The average Bonchev–Trinajstić information content (AvgIpc) is 2.72. The van der Waals surface area contributed by atoms with E-state index in [9.17, 15) is 13.2 Å². The number of benzene rings is 1. The van der Waals surface area contributed by atoms with Gasteiger partial charge in [0.15, 0.2) is 9.84 Å². The predicted octanol–water partition coefficient (Wildman–Crippen LogP) is 1.75. The molecular weight excluding hydrogens is 312 g/mol. The van der Waals surface area contributed by atoms with Crippen LogP contribution in [0.3, 0.4) is 0 Å². The molecule has 1 aliphatic rings.